The molecule has 50 heavy (non-hydrogen) atoms. The number of aryl methyl sites for hydroxylation is 2. The number of hydrogen-bond donors (Lipinski definition) is 1. The van der Waals surface area contributed by atoms with Gasteiger partial charge < -0.3 is 10.1 Å². The Morgan fingerprint density at radius 3 is 1.92 bits per heavy atom. The number of ketones is 1. The third-order valence-corrected chi connectivity index (χ3v) is 10.9. The quantitative estimate of drug-likeness (QED) is 0.0683. The van der Waals surface area contributed by atoms with Crippen LogP contribution >= 0.6 is 0 Å². The molecule has 0 saturated heterocycles. The summed E-state index contributed by atoms with van der Waals surface area (Å²) in [6.07, 6.45) is 6.68. The molecule has 4 heteroatoms. The summed E-state index contributed by atoms with van der Waals surface area (Å²) in [6.45, 7) is 16.3. The number of allylic oxidation sites excluding steroid dienone is 2. The maximum Gasteiger partial charge on any atom is 0.164 e. The van der Waals surface area contributed by atoms with E-state index < -0.39 is 0 Å². The first-order valence-electron chi connectivity index (χ1n) is 17.7. The fourth-order valence-corrected chi connectivity index (χ4v) is 6.54. The molecule has 1 heterocycles. The van der Waals surface area contributed by atoms with Crippen molar-refractivity contribution < 1.29 is 30.0 Å². The van der Waals surface area contributed by atoms with E-state index in [0.29, 0.717) is 0 Å². The van der Waals surface area contributed by atoms with E-state index in [1.165, 1.54) is 55.1 Å². The topological polar surface area (TPSA) is 50.2 Å². The fourth-order valence-electron chi connectivity index (χ4n) is 6.54. The zero-order valence-corrected chi connectivity index (χ0v) is 33.2. The second-order valence-corrected chi connectivity index (χ2v) is 14.0. The minimum Gasteiger partial charge on any atom is -0.512 e. The van der Waals surface area contributed by atoms with E-state index >= 15 is 0 Å². The van der Waals surface area contributed by atoms with Gasteiger partial charge in [-0.3, -0.25) is 4.79 Å². The van der Waals surface area contributed by atoms with Crippen LogP contribution in [0.15, 0.2) is 109 Å². The molecule has 0 unspecified atom stereocenters. The van der Waals surface area contributed by atoms with Gasteiger partial charge in [0.15, 0.2) is 5.78 Å². The van der Waals surface area contributed by atoms with Crippen molar-refractivity contribution in [1.29, 1.82) is 0 Å². The van der Waals surface area contributed by atoms with Crippen LogP contribution < -0.4 is 0 Å². The largest absolute Gasteiger partial charge is 0.512 e. The van der Waals surface area contributed by atoms with Gasteiger partial charge in [0.05, 0.1) is 0 Å². The first kappa shape index (κ1) is 38.7. The third kappa shape index (κ3) is 7.93. The number of fused-ring (bicyclic) bond motifs is 5. The molecular weight excluding hydrogens is 791 g/mol. The SMILES string of the molecule is CCC(C)(CC)C(=O)/C=C(\O)C(C)(CC)CC.Cc1[c-]c(-c2nccc3c2ccc2c4ccc(-c5ccccc5)cc4ccc32)cc(C)c1.[Ir]. The third-order valence-electron chi connectivity index (χ3n) is 10.9. The summed E-state index contributed by atoms with van der Waals surface area (Å²) in [5, 5.41) is 17.6. The number of benzene rings is 5. The predicted molar refractivity (Wildman–Crippen MR) is 209 cm³/mol. The van der Waals surface area contributed by atoms with E-state index in [2.05, 4.69) is 111 Å². The summed E-state index contributed by atoms with van der Waals surface area (Å²) < 4.78 is 0. The Hall–Kier alpha value is -4.11. The summed E-state index contributed by atoms with van der Waals surface area (Å²) in [5.41, 5.74) is 6.31. The second kappa shape index (κ2) is 16.3. The molecule has 0 saturated carbocycles. The van der Waals surface area contributed by atoms with E-state index in [9.17, 15) is 9.90 Å². The Bertz CT molecular complexity index is 2120. The Labute approximate surface area is 312 Å². The van der Waals surface area contributed by atoms with Crippen molar-refractivity contribution in [2.45, 2.75) is 81.1 Å². The number of hydrogen-bond acceptors (Lipinski definition) is 3. The van der Waals surface area contributed by atoms with Gasteiger partial charge in [0, 0.05) is 43.2 Å². The molecular formula is C46H50IrNO2-. The molecule has 0 fully saturated rings. The second-order valence-electron chi connectivity index (χ2n) is 14.0. The van der Waals surface area contributed by atoms with Crippen molar-refractivity contribution in [1.82, 2.24) is 4.98 Å². The Morgan fingerprint density at radius 2 is 1.28 bits per heavy atom. The average Bonchev–Trinajstić information content (AvgIpc) is 3.13. The number of aromatic nitrogens is 1. The molecule has 6 aromatic rings. The average molecular weight is 841 g/mol. The summed E-state index contributed by atoms with van der Waals surface area (Å²) in [4.78, 5) is 16.9. The van der Waals surface area contributed by atoms with Gasteiger partial charge in [-0.15, -0.1) is 34.9 Å². The van der Waals surface area contributed by atoms with Crippen molar-refractivity contribution >= 4 is 38.1 Å². The van der Waals surface area contributed by atoms with Crippen LogP contribution in [0.3, 0.4) is 0 Å². The summed E-state index contributed by atoms with van der Waals surface area (Å²) in [5.74, 6) is 0.286. The maximum atomic E-state index is 12.2. The van der Waals surface area contributed by atoms with E-state index in [4.69, 9.17) is 4.98 Å². The van der Waals surface area contributed by atoms with E-state index in [1.807, 2.05) is 47.7 Å². The smallest absolute Gasteiger partial charge is 0.164 e. The van der Waals surface area contributed by atoms with Gasteiger partial charge in [0.25, 0.3) is 0 Å². The van der Waals surface area contributed by atoms with Crippen molar-refractivity contribution in [2.24, 2.45) is 10.8 Å². The van der Waals surface area contributed by atoms with Crippen LogP contribution in [-0.4, -0.2) is 15.9 Å². The first-order valence-corrected chi connectivity index (χ1v) is 17.7. The van der Waals surface area contributed by atoms with Crippen LogP contribution in [-0.2, 0) is 24.9 Å². The molecule has 5 aromatic carbocycles. The molecule has 6 rings (SSSR count). The Balaban J connectivity index is 0.000000269. The molecule has 0 aliphatic carbocycles. The van der Waals surface area contributed by atoms with Crippen molar-refractivity contribution in [2.75, 3.05) is 0 Å². The number of carbonyl (C=O) groups is 1. The van der Waals surface area contributed by atoms with Crippen molar-refractivity contribution in [3.05, 3.63) is 126 Å². The zero-order valence-electron chi connectivity index (χ0n) is 30.8. The van der Waals surface area contributed by atoms with Crippen LogP contribution in [0.25, 0.3) is 54.7 Å². The Morgan fingerprint density at radius 1 is 0.700 bits per heavy atom. The monoisotopic (exact) mass is 841 g/mol. The summed E-state index contributed by atoms with van der Waals surface area (Å²) >= 11 is 0. The van der Waals surface area contributed by atoms with Crippen LogP contribution in [0.4, 0.5) is 0 Å². The van der Waals surface area contributed by atoms with Gasteiger partial charge in [0.1, 0.15) is 5.76 Å². The van der Waals surface area contributed by atoms with Gasteiger partial charge in [-0.2, -0.15) is 0 Å². The van der Waals surface area contributed by atoms with Crippen molar-refractivity contribution in [3.63, 3.8) is 0 Å². The Kier molecular flexibility index (Phi) is 12.6. The maximum absolute atomic E-state index is 12.2. The zero-order chi connectivity index (χ0) is 35.3. The van der Waals surface area contributed by atoms with Crippen LogP contribution in [0.2, 0.25) is 0 Å². The number of aliphatic hydroxyl groups is 1. The molecule has 1 N–H and O–H groups in total. The van der Waals surface area contributed by atoms with E-state index in [-0.39, 0.29) is 42.5 Å². The summed E-state index contributed by atoms with van der Waals surface area (Å²) in [7, 11) is 0. The van der Waals surface area contributed by atoms with E-state index in [1.54, 1.807) is 0 Å². The molecule has 0 bridgehead atoms. The number of rotatable bonds is 9. The first-order chi connectivity index (χ1) is 23.5. The van der Waals surface area contributed by atoms with Crippen LogP contribution in [0.1, 0.15) is 78.4 Å². The summed E-state index contributed by atoms with van der Waals surface area (Å²) in [6, 6.07) is 36.2. The fraction of sp³-hybridized carbons (Fsp3) is 0.304. The molecule has 0 amide bonds. The molecule has 0 atom stereocenters. The van der Waals surface area contributed by atoms with Gasteiger partial charge in [-0.05, 0) is 87.0 Å². The minimum absolute atomic E-state index is 0. The van der Waals surface area contributed by atoms with Gasteiger partial charge in [-0.25, -0.2) is 0 Å². The standard InChI is InChI=1S/C31H22N.C15H28O2.Ir/c1-20-16-21(2)18-25(17-20)31-30-13-12-27-26-10-8-23(22-6-4-3-5-7-22)19-24(26)9-11-28(27)29(30)14-15-32-31;1-7-14(5,8-2)12(16)11-13(17)15(6,9-3)10-4;/h3-17,19H,1-2H3;11,16H,7-10H2,1-6H3;/q-1;;/b;12-11-;. The number of aliphatic hydroxyl groups excluding tert-OH is 1. The molecule has 0 aliphatic heterocycles. The van der Waals surface area contributed by atoms with Gasteiger partial charge in [0.2, 0.25) is 0 Å². The van der Waals surface area contributed by atoms with Crippen LogP contribution in [0.5, 0.6) is 0 Å². The van der Waals surface area contributed by atoms with E-state index in [0.717, 1.165) is 42.5 Å². The molecule has 261 valence electrons. The molecule has 0 aliphatic rings. The van der Waals surface area contributed by atoms with Crippen molar-refractivity contribution in [3.8, 4) is 22.4 Å². The normalized spacial score (nSPS) is 12.0. The minimum atomic E-state index is -0.337. The van der Waals surface area contributed by atoms with Gasteiger partial charge >= 0.3 is 0 Å². The van der Waals surface area contributed by atoms with Gasteiger partial charge in [-0.1, -0.05) is 122 Å². The molecule has 0 spiro atoms. The molecule has 1 radical (unpaired) electrons. The number of nitrogens with zero attached hydrogens (tertiary/aromatic N) is 1. The predicted octanol–water partition coefficient (Wildman–Crippen LogP) is 12.9. The number of carbonyl (C=O) groups excluding carboxylic acids is 1. The molecule has 1 aromatic heterocycles. The van der Waals surface area contributed by atoms with Crippen LogP contribution in [0, 0.1) is 30.7 Å². The molecule has 3 nitrogen and oxygen atoms in total. The number of pyridine rings is 1.